The van der Waals surface area contributed by atoms with Crippen molar-refractivity contribution in [2.45, 2.75) is 53.4 Å². The van der Waals surface area contributed by atoms with Gasteiger partial charge in [0.2, 0.25) is 0 Å². The summed E-state index contributed by atoms with van der Waals surface area (Å²) in [4.78, 5) is 4.82. The van der Waals surface area contributed by atoms with Gasteiger partial charge in [-0.1, -0.05) is 32.8 Å². The second-order valence-electron chi connectivity index (χ2n) is 6.80. The first-order valence-electron chi connectivity index (χ1n) is 9.38. The van der Waals surface area contributed by atoms with Crippen molar-refractivity contribution in [3.63, 3.8) is 0 Å². The largest absolute Gasteiger partial charge is 0.453 e. The average molecular weight is 336 g/mol. The van der Waals surface area contributed by atoms with Gasteiger partial charge in [-0.25, -0.2) is 4.99 Å². The highest BCUT2D eigenvalue weighted by atomic mass is 16.5. The van der Waals surface area contributed by atoms with E-state index >= 15 is 0 Å². The summed E-state index contributed by atoms with van der Waals surface area (Å²) in [5, 5.41) is 5.64. The van der Waals surface area contributed by atoms with Crippen LogP contribution in [0.4, 0.5) is 11.4 Å². The van der Waals surface area contributed by atoms with Crippen LogP contribution in [0.25, 0.3) is 6.08 Å². The fraction of sp³-hybridized carbons (Fsp3) is 0.409. The molecule has 2 aromatic carbocycles. The molecule has 2 aromatic rings. The number of benzene rings is 2. The molecule has 0 bridgehead atoms. The monoisotopic (exact) mass is 336 g/mol. The fourth-order valence-corrected chi connectivity index (χ4v) is 3.08. The van der Waals surface area contributed by atoms with Gasteiger partial charge in [-0.05, 0) is 61.2 Å². The molecule has 0 spiro atoms. The van der Waals surface area contributed by atoms with E-state index in [1.807, 2.05) is 0 Å². The summed E-state index contributed by atoms with van der Waals surface area (Å²) < 4.78 is 6.20. The highest BCUT2D eigenvalue weighted by Gasteiger charge is 2.15. The van der Waals surface area contributed by atoms with Crippen LogP contribution in [0.2, 0.25) is 0 Å². The minimum Gasteiger partial charge on any atom is -0.453 e. The second kappa shape index (κ2) is 7.73. The lowest BCUT2D eigenvalue weighted by Gasteiger charge is -2.18. The number of anilines is 1. The zero-order valence-electron chi connectivity index (χ0n) is 15.8. The van der Waals surface area contributed by atoms with Crippen LogP contribution in [0.3, 0.4) is 0 Å². The Morgan fingerprint density at radius 3 is 2.60 bits per heavy atom. The van der Waals surface area contributed by atoms with E-state index in [9.17, 15) is 0 Å². The molecule has 1 aliphatic rings. The van der Waals surface area contributed by atoms with Crippen molar-refractivity contribution in [3.05, 3.63) is 46.0 Å². The highest BCUT2D eigenvalue weighted by molar-refractivity contribution is 5.67. The van der Waals surface area contributed by atoms with Gasteiger partial charge < -0.3 is 10.1 Å². The Labute approximate surface area is 150 Å². The normalized spacial score (nSPS) is 12.9. The number of hydrogen-bond acceptors (Lipinski definition) is 3. The van der Waals surface area contributed by atoms with Crippen LogP contribution in [0, 0.1) is 13.8 Å². The van der Waals surface area contributed by atoms with E-state index in [0.717, 1.165) is 47.6 Å². The maximum Gasteiger partial charge on any atom is 0.155 e. The first kappa shape index (κ1) is 17.5. The molecule has 0 unspecified atom stereocenters. The summed E-state index contributed by atoms with van der Waals surface area (Å²) in [6.07, 6.45) is 6.94. The average Bonchev–Trinajstić information content (AvgIpc) is 2.59. The van der Waals surface area contributed by atoms with Crippen molar-refractivity contribution >= 4 is 17.5 Å². The van der Waals surface area contributed by atoms with Crippen LogP contribution in [-0.4, -0.2) is 6.54 Å². The van der Waals surface area contributed by atoms with Crippen LogP contribution in [0.15, 0.2) is 29.3 Å². The Morgan fingerprint density at radius 1 is 1.00 bits per heavy atom. The van der Waals surface area contributed by atoms with Crippen LogP contribution in [0.5, 0.6) is 11.5 Å². The molecule has 132 valence electrons. The maximum atomic E-state index is 6.20. The molecule has 1 aliphatic heterocycles. The first-order valence-corrected chi connectivity index (χ1v) is 9.38. The molecule has 1 N–H and O–H groups in total. The van der Waals surface area contributed by atoms with Gasteiger partial charge in [0, 0.05) is 18.3 Å². The summed E-state index contributed by atoms with van der Waals surface area (Å²) in [5.74, 6) is 1.69. The molecule has 0 amide bonds. The number of nitrogens with zero attached hydrogens (tertiary/aromatic N) is 1. The molecule has 25 heavy (non-hydrogen) atoms. The number of fused-ring (bicyclic) bond motifs is 2. The van der Waals surface area contributed by atoms with Crippen LogP contribution in [-0.2, 0) is 0 Å². The quantitative estimate of drug-likeness (QED) is 0.631. The third-order valence-corrected chi connectivity index (χ3v) is 4.60. The van der Waals surface area contributed by atoms with Crippen molar-refractivity contribution in [3.8, 4) is 11.5 Å². The Balaban J connectivity index is 2.00. The minimum absolute atomic E-state index is 0.833. The summed E-state index contributed by atoms with van der Waals surface area (Å²) >= 11 is 0. The van der Waals surface area contributed by atoms with Gasteiger partial charge in [0.25, 0.3) is 0 Å². The number of aryl methyl sites for hydroxylation is 2. The molecule has 0 atom stereocenters. The number of hydrogen-bond donors (Lipinski definition) is 1. The Kier molecular flexibility index (Phi) is 5.42. The molecule has 3 rings (SSSR count). The Bertz CT molecular complexity index is 884. The summed E-state index contributed by atoms with van der Waals surface area (Å²) in [6, 6.07) is 8.44. The van der Waals surface area contributed by atoms with Crippen molar-refractivity contribution in [2.24, 2.45) is 4.99 Å². The summed E-state index contributed by atoms with van der Waals surface area (Å²) in [5.41, 5.74) is 4.49. The van der Waals surface area contributed by atoms with E-state index in [-0.39, 0.29) is 0 Å². The highest BCUT2D eigenvalue weighted by Crippen LogP contribution is 2.37. The lowest BCUT2D eigenvalue weighted by atomic mass is 10.1. The zero-order chi connectivity index (χ0) is 17.8. The van der Waals surface area contributed by atoms with Crippen molar-refractivity contribution in [2.75, 3.05) is 11.9 Å². The molecule has 1 heterocycles. The molecular weight excluding hydrogens is 308 g/mol. The molecule has 0 fully saturated rings. The van der Waals surface area contributed by atoms with Gasteiger partial charge in [-0.2, -0.15) is 0 Å². The standard InChI is InChI=1S/C22H28N2O/c1-5-7-8-9-17-13-21-19(11-15(17)3)24-20-12-16(4)18(23-10-6-2)14-22(20)25-21/h9,11-14,23H,5-8,10H2,1-4H3/b17-9-. The lowest BCUT2D eigenvalue weighted by Crippen LogP contribution is -2.17. The maximum absolute atomic E-state index is 6.20. The predicted molar refractivity (Wildman–Crippen MR) is 106 cm³/mol. The third-order valence-electron chi connectivity index (χ3n) is 4.60. The second-order valence-corrected chi connectivity index (χ2v) is 6.80. The van der Waals surface area contributed by atoms with Gasteiger partial charge in [0.05, 0.1) is 0 Å². The van der Waals surface area contributed by atoms with Gasteiger partial charge in [0.1, 0.15) is 11.0 Å². The summed E-state index contributed by atoms with van der Waals surface area (Å²) in [6.45, 7) is 9.61. The molecule has 0 saturated carbocycles. The van der Waals surface area contributed by atoms with E-state index in [1.54, 1.807) is 0 Å². The number of unbranched alkanes of at least 4 members (excludes halogenated alkanes) is 2. The van der Waals surface area contributed by atoms with E-state index in [4.69, 9.17) is 9.73 Å². The molecule has 0 aliphatic carbocycles. The zero-order valence-corrected chi connectivity index (χ0v) is 15.8. The molecule has 0 saturated heterocycles. The van der Waals surface area contributed by atoms with E-state index in [2.05, 4.69) is 63.4 Å². The van der Waals surface area contributed by atoms with Gasteiger partial charge >= 0.3 is 0 Å². The molecule has 3 nitrogen and oxygen atoms in total. The molecule has 0 radical (unpaired) electrons. The Morgan fingerprint density at radius 2 is 1.84 bits per heavy atom. The van der Waals surface area contributed by atoms with Crippen LogP contribution in [0.1, 0.15) is 50.7 Å². The Hall–Kier alpha value is -2.29. The van der Waals surface area contributed by atoms with E-state index in [0.29, 0.717) is 0 Å². The minimum atomic E-state index is 0.833. The van der Waals surface area contributed by atoms with Crippen molar-refractivity contribution < 1.29 is 4.74 Å². The van der Waals surface area contributed by atoms with Crippen molar-refractivity contribution in [1.82, 2.24) is 0 Å². The van der Waals surface area contributed by atoms with Crippen molar-refractivity contribution in [1.29, 1.82) is 0 Å². The van der Waals surface area contributed by atoms with E-state index < -0.39 is 0 Å². The summed E-state index contributed by atoms with van der Waals surface area (Å²) in [7, 11) is 0. The topological polar surface area (TPSA) is 33.6 Å². The van der Waals surface area contributed by atoms with E-state index in [1.165, 1.54) is 29.2 Å². The number of nitrogens with one attached hydrogen (secondary N) is 1. The molecule has 0 aromatic heterocycles. The smallest absolute Gasteiger partial charge is 0.155 e. The van der Waals surface area contributed by atoms with Crippen LogP contribution < -0.4 is 20.6 Å². The number of ether oxygens (including phenoxy) is 1. The SMILES string of the molecule is CCCC/C=c1/cc2c(cc1C)=Nc1cc(C)c(NCCC)cc1O2. The van der Waals surface area contributed by atoms with Gasteiger partial charge in [-0.3, -0.25) is 0 Å². The molecular formula is C22H28N2O. The van der Waals surface area contributed by atoms with Gasteiger partial charge in [-0.15, -0.1) is 0 Å². The van der Waals surface area contributed by atoms with Gasteiger partial charge in [0.15, 0.2) is 11.5 Å². The lowest BCUT2D eigenvalue weighted by molar-refractivity contribution is 0.469. The fourth-order valence-electron chi connectivity index (χ4n) is 3.08. The van der Waals surface area contributed by atoms with Crippen LogP contribution >= 0.6 is 0 Å². The number of rotatable bonds is 6. The predicted octanol–water partition coefficient (Wildman–Crippen LogP) is 5.15. The molecule has 3 heteroatoms. The first-order chi connectivity index (χ1) is 12.1. The third kappa shape index (κ3) is 3.87.